The summed E-state index contributed by atoms with van der Waals surface area (Å²) in [6, 6.07) is 0. The van der Waals surface area contributed by atoms with Gasteiger partial charge in [-0.05, 0) is 0 Å². The van der Waals surface area contributed by atoms with E-state index in [4.69, 9.17) is 11.3 Å². The Kier molecular flexibility index (Phi) is 2.45. The Morgan fingerprint density at radius 1 is 1.85 bits per heavy atom. The van der Waals surface area contributed by atoms with Gasteiger partial charge in [0.05, 0.1) is 12.7 Å². The Morgan fingerprint density at radius 3 is 3.08 bits per heavy atom. The van der Waals surface area contributed by atoms with Crippen molar-refractivity contribution >= 4 is 5.91 Å². The standard InChI is InChI=1S/C7H13NO5/c8-6(11)7(12)4(10)1-2-13-5(7)3-9/h4-5,9-10,12H,1-3H2,(H2,8,11)/t4-,5-,7+/m1/s1/i/hD. The maximum absolute atomic E-state index is 11.2. The lowest BCUT2D eigenvalue weighted by Gasteiger charge is -2.39. The van der Waals surface area contributed by atoms with Gasteiger partial charge in [0.15, 0.2) is 7.01 Å². The van der Waals surface area contributed by atoms with Gasteiger partial charge in [-0.25, -0.2) is 0 Å². The normalized spacial score (nSPS) is 41.0. The number of nitrogens with two attached hydrogens (primary N) is 1. The zero-order chi connectivity index (χ0) is 10.8. The van der Waals surface area contributed by atoms with Crippen LogP contribution in [0.3, 0.4) is 0 Å². The van der Waals surface area contributed by atoms with Gasteiger partial charge in [0.25, 0.3) is 5.91 Å². The summed E-state index contributed by atoms with van der Waals surface area (Å²) in [6.45, 7) is -0.443. The van der Waals surface area contributed by atoms with Crippen LogP contribution in [0.1, 0.15) is 6.42 Å². The molecule has 0 radical (unpaired) electrons. The number of ether oxygens (including phenoxy) is 1. The Labute approximate surface area is 76.4 Å². The van der Waals surface area contributed by atoms with E-state index >= 15 is 0 Å². The summed E-state index contributed by atoms with van der Waals surface area (Å²) < 4.78 is 11.5. The molecule has 1 rings (SSSR count). The molecule has 0 aromatic heterocycles. The molecule has 1 heterocycles. The lowest BCUT2D eigenvalue weighted by Crippen LogP contribution is -2.65. The largest absolute Gasteiger partial charge is 0.394 e. The van der Waals surface area contributed by atoms with Crippen LogP contribution in [0.4, 0.5) is 0 Å². The quantitative estimate of drug-likeness (QED) is 0.381. The van der Waals surface area contributed by atoms with Crippen molar-refractivity contribution in [3.63, 3.8) is 0 Å². The number of amides is 1. The molecule has 1 fully saturated rings. The van der Waals surface area contributed by atoms with Crippen LogP contribution in [-0.2, 0) is 9.53 Å². The first-order valence-corrected chi connectivity index (χ1v) is 3.92. The zero-order valence-electron chi connectivity index (χ0n) is 7.93. The molecule has 6 nitrogen and oxygen atoms in total. The highest BCUT2D eigenvalue weighted by atomic mass is 16.5. The lowest BCUT2D eigenvalue weighted by molar-refractivity contribution is -0.210. The van der Waals surface area contributed by atoms with E-state index in [9.17, 15) is 15.0 Å². The van der Waals surface area contributed by atoms with Gasteiger partial charge in [0.1, 0.15) is 6.10 Å². The average Bonchev–Trinajstić information content (AvgIpc) is 2.20. The van der Waals surface area contributed by atoms with Gasteiger partial charge >= 0.3 is 0 Å². The number of aliphatic hydroxyl groups is 3. The van der Waals surface area contributed by atoms with Gasteiger partial charge in [-0.3, -0.25) is 4.79 Å². The smallest absolute Gasteiger partial charge is 0.254 e. The minimum absolute atomic E-state index is 0.0837. The third-order valence-corrected chi connectivity index (χ3v) is 2.24. The van der Waals surface area contributed by atoms with Crippen LogP contribution in [0.2, 0.25) is 1.41 Å². The molecule has 3 atom stereocenters. The Hall–Kier alpha value is -0.690. The third-order valence-electron chi connectivity index (χ3n) is 2.24. The maximum atomic E-state index is 11.2. The van der Waals surface area contributed by atoms with Crippen molar-refractivity contribution in [3.8, 4) is 0 Å². The molecule has 0 aromatic rings. The van der Waals surface area contributed by atoms with E-state index in [-0.39, 0.29) is 13.0 Å². The molecule has 5 N–H and O–H groups in total. The highest BCUT2D eigenvalue weighted by Gasteiger charge is 2.51. The van der Waals surface area contributed by atoms with Crippen molar-refractivity contribution in [2.45, 2.75) is 24.2 Å². The topological polar surface area (TPSA) is 113 Å². The van der Waals surface area contributed by atoms with E-state index in [1.54, 1.807) is 0 Å². The van der Waals surface area contributed by atoms with Gasteiger partial charge < -0.3 is 25.8 Å². The van der Waals surface area contributed by atoms with Crippen LogP contribution < -0.4 is 5.73 Å². The molecule has 1 aliphatic heterocycles. The molecule has 0 aliphatic carbocycles. The summed E-state index contributed by atoms with van der Waals surface area (Å²) in [6.07, 6.45) is -2.45. The van der Waals surface area contributed by atoms with E-state index < -0.39 is 30.3 Å². The first-order valence-electron chi connectivity index (χ1n) is 4.42. The molecule has 0 spiro atoms. The average molecular weight is 192 g/mol. The van der Waals surface area contributed by atoms with E-state index in [1.165, 1.54) is 5.73 Å². The van der Waals surface area contributed by atoms with Crippen LogP contribution in [-0.4, -0.2) is 52.2 Å². The Morgan fingerprint density at radius 2 is 2.54 bits per heavy atom. The molecule has 1 saturated heterocycles. The van der Waals surface area contributed by atoms with Gasteiger partial charge in [-0.1, -0.05) is 0 Å². The highest BCUT2D eigenvalue weighted by Crippen LogP contribution is 2.25. The fourth-order valence-corrected chi connectivity index (χ4v) is 1.37. The van der Waals surface area contributed by atoms with Crippen LogP contribution in [0.25, 0.3) is 0 Å². The van der Waals surface area contributed by atoms with Crippen LogP contribution >= 0.6 is 0 Å². The van der Waals surface area contributed by atoms with Crippen molar-refractivity contribution in [1.29, 1.82) is 0 Å². The summed E-state index contributed by atoms with van der Waals surface area (Å²) in [5.41, 5.74) is -0.761. The summed E-state index contributed by atoms with van der Waals surface area (Å²) >= 11 is 0. The molecule has 0 unspecified atom stereocenters. The molecule has 6 heteroatoms. The fraction of sp³-hybridized carbons (Fsp3) is 0.857. The number of carbonyl (C=O) groups is 1. The van der Waals surface area contributed by atoms with E-state index in [0.29, 0.717) is 0 Å². The van der Waals surface area contributed by atoms with Crippen molar-refractivity contribution < 1.29 is 26.3 Å². The summed E-state index contributed by atoms with van der Waals surface area (Å²) in [7, 11) is 0. The zero-order valence-corrected chi connectivity index (χ0v) is 6.93. The number of hydrogen-bond acceptors (Lipinski definition) is 5. The van der Waals surface area contributed by atoms with E-state index in [2.05, 4.69) is 0 Å². The predicted molar refractivity (Wildman–Crippen MR) is 41.6 cm³/mol. The van der Waals surface area contributed by atoms with Crippen molar-refractivity contribution in [2.24, 2.45) is 5.73 Å². The fourth-order valence-electron chi connectivity index (χ4n) is 1.37. The first kappa shape index (κ1) is 8.89. The van der Waals surface area contributed by atoms with Gasteiger partial charge in [-0.2, -0.15) is 0 Å². The van der Waals surface area contributed by atoms with Crippen LogP contribution in [0.5, 0.6) is 0 Å². The van der Waals surface area contributed by atoms with Crippen molar-refractivity contribution in [2.75, 3.05) is 13.2 Å². The monoisotopic (exact) mass is 192 g/mol. The molecule has 0 aromatic carbocycles. The minimum atomic E-state index is -2.24. The number of rotatable bonds is 2. The molecule has 0 saturated carbocycles. The minimum Gasteiger partial charge on any atom is -0.394 e. The van der Waals surface area contributed by atoms with Crippen molar-refractivity contribution in [3.05, 3.63) is 0 Å². The van der Waals surface area contributed by atoms with E-state index in [1.807, 2.05) is 0 Å². The molecule has 0 bridgehead atoms. The molecular formula is C7H13NO5. The number of aliphatic hydroxyl groups excluding tert-OH is 2. The molecule has 1 aliphatic rings. The van der Waals surface area contributed by atoms with Gasteiger partial charge in [0.2, 0.25) is 0 Å². The number of primary amides is 1. The van der Waals surface area contributed by atoms with Crippen LogP contribution in [0, 0.1) is 0 Å². The number of hydrogen-bond donors (Lipinski definition) is 4. The summed E-state index contributed by atoms with van der Waals surface area (Å²) in [4.78, 5) is 11.2. The number of carbonyl (C=O) groups excluding carboxylic acids is 1. The maximum Gasteiger partial charge on any atom is 0.254 e. The summed E-state index contributed by atoms with van der Waals surface area (Å²) in [5.74, 6) is -1.08. The second-order valence-corrected chi connectivity index (χ2v) is 3.00. The second-order valence-electron chi connectivity index (χ2n) is 3.00. The Bertz CT molecular complexity index is 226. The first-order chi connectivity index (χ1) is 6.57. The molecule has 1 amide bonds. The predicted octanol–water partition coefficient (Wildman–Crippen LogP) is -2.66. The SMILES string of the molecule is [2H]NC(=O)[C@]1(O)[C@H](O)CCO[C@@H]1CO. The molecular weight excluding hydrogens is 178 g/mol. The lowest BCUT2D eigenvalue weighted by atomic mass is 9.86. The highest BCUT2D eigenvalue weighted by molar-refractivity contribution is 5.85. The van der Waals surface area contributed by atoms with Gasteiger partial charge in [-0.15, -0.1) is 0 Å². The molecule has 13 heavy (non-hydrogen) atoms. The van der Waals surface area contributed by atoms with E-state index in [0.717, 1.165) is 0 Å². The van der Waals surface area contributed by atoms with Crippen LogP contribution in [0.15, 0.2) is 0 Å². The van der Waals surface area contributed by atoms with Gasteiger partial charge in [0, 0.05) is 13.0 Å². The molecule has 76 valence electrons. The second kappa shape index (κ2) is 3.59. The summed E-state index contributed by atoms with van der Waals surface area (Å²) in [5, 5.41) is 28.1. The Balaban J connectivity index is 2.91. The third kappa shape index (κ3) is 1.53. The van der Waals surface area contributed by atoms with Crippen molar-refractivity contribution in [1.82, 2.24) is 0 Å².